The Morgan fingerprint density at radius 1 is 1.28 bits per heavy atom. The van der Waals surface area contributed by atoms with Crippen LogP contribution in [0.3, 0.4) is 0 Å². The second kappa shape index (κ2) is 9.79. The van der Waals surface area contributed by atoms with E-state index in [1.807, 2.05) is 16.7 Å². The maximum atomic E-state index is 15.4. The number of halogens is 1. The number of aromatic nitrogens is 2. The molecule has 4 N–H and O–H groups in total. The van der Waals surface area contributed by atoms with Crippen molar-refractivity contribution in [3.8, 4) is 0 Å². The molecule has 1 amide bonds. The summed E-state index contributed by atoms with van der Waals surface area (Å²) in [6.45, 7) is 4.20. The molecule has 0 spiro atoms. The number of hydrogen-bond donors (Lipinski definition) is 3. The summed E-state index contributed by atoms with van der Waals surface area (Å²) < 4.78 is 15.4. The fraction of sp³-hybridized carbons (Fsp3) is 0.522. The molecular formula is C23H31FN6O2. The monoisotopic (exact) mass is 442 g/mol. The standard InChI is InChI=1S/C23H31FN6O2/c1-15-2-4-16(5-3-15)11-30(18-6-7-18)23-21(24)22(27-14-28-23)26-10-17-8-9-29(12-19(17)31)13-20(25)32/h2-5,14,17-19,31H,6-13H2,1H3,(H2,25,32)(H,26,27,28). The van der Waals surface area contributed by atoms with Gasteiger partial charge < -0.3 is 21.1 Å². The van der Waals surface area contributed by atoms with Crippen molar-refractivity contribution in [3.05, 3.63) is 47.5 Å². The molecule has 2 atom stereocenters. The lowest BCUT2D eigenvalue weighted by molar-refractivity contribution is -0.120. The van der Waals surface area contributed by atoms with E-state index in [9.17, 15) is 9.90 Å². The van der Waals surface area contributed by atoms with Crippen LogP contribution in [0.25, 0.3) is 0 Å². The number of aliphatic hydroxyl groups is 1. The van der Waals surface area contributed by atoms with Crippen LogP contribution >= 0.6 is 0 Å². The molecule has 1 aliphatic carbocycles. The molecule has 2 heterocycles. The number of aryl methyl sites for hydroxylation is 1. The van der Waals surface area contributed by atoms with Gasteiger partial charge in [0.1, 0.15) is 6.33 Å². The molecule has 2 unspecified atom stereocenters. The number of likely N-dealkylation sites (tertiary alicyclic amines) is 1. The third-order valence-corrected chi connectivity index (χ3v) is 6.22. The molecule has 9 heteroatoms. The SMILES string of the molecule is Cc1ccc(CN(c2ncnc(NCC3CCN(CC(N)=O)CC3O)c2F)C2CC2)cc1. The summed E-state index contributed by atoms with van der Waals surface area (Å²) in [5, 5.41) is 13.5. The maximum absolute atomic E-state index is 15.4. The highest BCUT2D eigenvalue weighted by molar-refractivity contribution is 5.75. The molecule has 0 bridgehead atoms. The van der Waals surface area contributed by atoms with Crippen LogP contribution in [0.4, 0.5) is 16.0 Å². The average molecular weight is 443 g/mol. The number of nitrogens with one attached hydrogen (secondary N) is 1. The van der Waals surface area contributed by atoms with Gasteiger partial charge in [-0.15, -0.1) is 0 Å². The molecule has 2 aromatic rings. The normalized spacial score (nSPS) is 21.3. The molecule has 172 valence electrons. The van der Waals surface area contributed by atoms with E-state index in [1.54, 1.807) is 0 Å². The number of piperidine rings is 1. The molecule has 8 nitrogen and oxygen atoms in total. The average Bonchev–Trinajstić information content (AvgIpc) is 3.59. The molecule has 32 heavy (non-hydrogen) atoms. The minimum absolute atomic E-state index is 0.0657. The Labute approximate surface area is 187 Å². The minimum Gasteiger partial charge on any atom is -0.391 e. The molecular weight excluding hydrogens is 411 g/mol. The quantitative estimate of drug-likeness (QED) is 0.542. The van der Waals surface area contributed by atoms with E-state index in [0.29, 0.717) is 38.4 Å². The molecule has 1 aliphatic heterocycles. The number of benzene rings is 1. The molecule has 2 fully saturated rings. The fourth-order valence-electron chi connectivity index (χ4n) is 4.21. The zero-order valence-corrected chi connectivity index (χ0v) is 18.4. The summed E-state index contributed by atoms with van der Waals surface area (Å²) >= 11 is 0. The van der Waals surface area contributed by atoms with E-state index in [4.69, 9.17) is 5.73 Å². The van der Waals surface area contributed by atoms with Crippen LogP contribution in [0.5, 0.6) is 0 Å². The largest absolute Gasteiger partial charge is 0.391 e. The number of carbonyl (C=O) groups is 1. The number of nitrogens with zero attached hydrogens (tertiary/aromatic N) is 4. The van der Waals surface area contributed by atoms with Gasteiger partial charge in [0.15, 0.2) is 11.6 Å². The summed E-state index contributed by atoms with van der Waals surface area (Å²) in [4.78, 5) is 23.3. The van der Waals surface area contributed by atoms with Crippen molar-refractivity contribution in [2.24, 2.45) is 11.7 Å². The van der Waals surface area contributed by atoms with Gasteiger partial charge in [-0.25, -0.2) is 9.97 Å². The first kappa shape index (κ1) is 22.4. The Kier molecular flexibility index (Phi) is 6.86. The summed E-state index contributed by atoms with van der Waals surface area (Å²) in [6.07, 6.45) is 3.49. The van der Waals surface area contributed by atoms with Crippen molar-refractivity contribution < 1.29 is 14.3 Å². The summed E-state index contributed by atoms with van der Waals surface area (Å²) in [5.74, 6) is -0.481. The summed E-state index contributed by atoms with van der Waals surface area (Å²) in [5.41, 5.74) is 7.54. The van der Waals surface area contributed by atoms with Gasteiger partial charge in [0.2, 0.25) is 11.7 Å². The third kappa shape index (κ3) is 5.52. The van der Waals surface area contributed by atoms with E-state index < -0.39 is 17.8 Å². The Bertz CT molecular complexity index is 937. The second-order valence-electron chi connectivity index (χ2n) is 8.90. The molecule has 0 radical (unpaired) electrons. The van der Waals surface area contributed by atoms with E-state index in [1.165, 1.54) is 11.9 Å². The fourth-order valence-corrected chi connectivity index (χ4v) is 4.21. The van der Waals surface area contributed by atoms with Gasteiger partial charge in [0, 0.05) is 31.6 Å². The molecule has 2 aliphatic rings. The number of anilines is 2. The van der Waals surface area contributed by atoms with Crippen molar-refractivity contribution in [3.63, 3.8) is 0 Å². The number of hydrogen-bond acceptors (Lipinski definition) is 7. The number of amides is 1. The Balaban J connectivity index is 1.41. The number of rotatable bonds is 9. The van der Waals surface area contributed by atoms with Crippen LogP contribution in [0, 0.1) is 18.7 Å². The van der Waals surface area contributed by atoms with Crippen LogP contribution < -0.4 is 16.0 Å². The lowest BCUT2D eigenvalue weighted by Gasteiger charge is -2.35. The minimum atomic E-state index is -0.621. The van der Waals surface area contributed by atoms with Crippen LogP contribution in [0.2, 0.25) is 0 Å². The molecule has 1 aromatic carbocycles. The van der Waals surface area contributed by atoms with E-state index in [0.717, 1.165) is 18.4 Å². The van der Waals surface area contributed by atoms with Gasteiger partial charge >= 0.3 is 0 Å². The van der Waals surface area contributed by atoms with Gasteiger partial charge in [-0.2, -0.15) is 4.39 Å². The van der Waals surface area contributed by atoms with Crippen LogP contribution in [-0.4, -0.2) is 64.2 Å². The number of nitrogens with two attached hydrogens (primary N) is 1. The first-order valence-corrected chi connectivity index (χ1v) is 11.2. The summed E-state index contributed by atoms with van der Waals surface area (Å²) in [7, 11) is 0. The van der Waals surface area contributed by atoms with Crippen molar-refractivity contribution in [2.45, 2.75) is 44.9 Å². The van der Waals surface area contributed by atoms with Crippen LogP contribution in [0.1, 0.15) is 30.4 Å². The smallest absolute Gasteiger partial charge is 0.231 e. The van der Waals surface area contributed by atoms with E-state index in [-0.39, 0.29) is 24.3 Å². The predicted molar refractivity (Wildman–Crippen MR) is 121 cm³/mol. The highest BCUT2D eigenvalue weighted by Gasteiger charge is 2.33. The lowest BCUT2D eigenvalue weighted by Crippen LogP contribution is -2.48. The first-order valence-electron chi connectivity index (χ1n) is 11.2. The van der Waals surface area contributed by atoms with Crippen LogP contribution in [-0.2, 0) is 11.3 Å². The lowest BCUT2D eigenvalue weighted by atomic mass is 9.93. The van der Waals surface area contributed by atoms with Crippen molar-refractivity contribution in [2.75, 3.05) is 36.4 Å². The Hall–Kier alpha value is -2.78. The Morgan fingerprint density at radius 3 is 2.69 bits per heavy atom. The third-order valence-electron chi connectivity index (χ3n) is 6.22. The highest BCUT2D eigenvalue weighted by Crippen LogP contribution is 2.34. The topological polar surface area (TPSA) is 108 Å². The van der Waals surface area contributed by atoms with Crippen LogP contribution in [0.15, 0.2) is 30.6 Å². The predicted octanol–water partition coefficient (Wildman–Crippen LogP) is 1.67. The second-order valence-corrected chi connectivity index (χ2v) is 8.90. The van der Waals surface area contributed by atoms with Crippen molar-refractivity contribution in [1.29, 1.82) is 0 Å². The van der Waals surface area contributed by atoms with Gasteiger partial charge in [-0.05, 0) is 38.3 Å². The highest BCUT2D eigenvalue weighted by atomic mass is 19.1. The molecule has 4 rings (SSSR count). The van der Waals surface area contributed by atoms with Gasteiger partial charge in [-0.1, -0.05) is 29.8 Å². The van der Waals surface area contributed by atoms with E-state index >= 15 is 4.39 Å². The molecule has 1 saturated carbocycles. The molecule has 1 aromatic heterocycles. The zero-order chi connectivity index (χ0) is 22.7. The maximum Gasteiger partial charge on any atom is 0.231 e. The first-order chi connectivity index (χ1) is 15.4. The van der Waals surface area contributed by atoms with Crippen molar-refractivity contribution in [1.82, 2.24) is 14.9 Å². The van der Waals surface area contributed by atoms with Crippen molar-refractivity contribution >= 4 is 17.5 Å². The Morgan fingerprint density at radius 2 is 2.03 bits per heavy atom. The van der Waals surface area contributed by atoms with E-state index in [2.05, 4.69) is 39.6 Å². The van der Waals surface area contributed by atoms with Gasteiger partial charge in [0.25, 0.3) is 0 Å². The number of carbonyl (C=O) groups excluding carboxylic acids is 1. The molecule has 1 saturated heterocycles. The zero-order valence-electron chi connectivity index (χ0n) is 18.4. The van der Waals surface area contributed by atoms with Gasteiger partial charge in [-0.3, -0.25) is 9.69 Å². The number of β-amino-alcohol motifs (C(OH)–C–C–N with tert-alkyl or cyclic N) is 1. The number of primary amides is 1. The summed E-state index contributed by atoms with van der Waals surface area (Å²) in [6, 6.07) is 8.53. The number of aliphatic hydroxyl groups excluding tert-OH is 1. The van der Waals surface area contributed by atoms with Gasteiger partial charge in [0.05, 0.1) is 12.6 Å².